The van der Waals surface area contributed by atoms with E-state index in [2.05, 4.69) is 6.92 Å². The molecule has 0 spiro atoms. The molecular weight excluding hydrogens is 348 g/mol. The maximum Gasteiger partial charge on any atom is 0.342 e. The highest BCUT2D eigenvalue weighted by molar-refractivity contribution is 7.89. The summed E-state index contributed by atoms with van der Waals surface area (Å²) in [5.74, 6) is -0.406. The third-order valence-corrected chi connectivity index (χ3v) is 5.09. The summed E-state index contributed by atoms with van der Waals surface area (Å²) in [6.45, 7) is 3.01. The minimum Gasteiger partial charge on any atom is -0.496 e. The highest BCUT2D eigenvalue weighted by Gasteiger charge is 2.23. The molecule has 0 radical (unpaired) electrons. The van der Waals surface area contributed by atoms with Crippen LogP contribution in [0.4, 0.5) is 0 Å². The number of carbonyl (C=O) groups excluding carboxylic acids is 2. The molecule has 0 aromatic heterocycles. The highest BCUT2D eigenvalue weighted by Crippen LogP contribution is 2.23. The number of amides is 1. The molecule has 0 bridgehead atoms. The summed E-state index contributed by atoms with van der Waals surface area (Å²) in [4.78, 5) is 25.8. The minimum absolute atomic E-state index is 0.103. The predicted molar refractivity (Wildman–Crippen MR) is 89.6 cm³/mol. The van der Waals surface area contributed by atoms with Crippen molar-refractivity contribution in [2.45, 2.75) is 24.7 Å². The number of methoxy groups -OCH3 is 1. The number of benzene rings is 1. The fourth-order valence-corrected chi connectivity index (χ4v) is 3.12. The average molecular weight is 370 g/mol. The highest BCUT2D eigenvalue weighted by atomic mass is 32.2. The molecule has 1 amide bonds. The number of likely N-dealkylation sites (tertiary alicyclic amines) is 1. The Morgan fingerprint density at radius 2 is 1.92 bits per heavy atom. The first-order valence-electron chi connectivity index (χ1n) is 7.88. The summed E-state index contributed by atoms with van der Waals surface area (Å²) in [6, 6.07) is 3.61. The van der Waals surface area contributed by atoms with Crippen molar-refractivity contribution in [2.24, 2.45) is 11.1 Å². The number of esters is 1. The van der Waals surface area contributed by atoms with Crippen LogP contribution >= 0.6 is 0 Å². The van der Waals surface area contributed by atoms with Crippen LogP contribution in [-0.4, -0.2) is 52.0 Å². The number of sulfonamides is 1. The smallest absolute Gasteiger partial charge is 0.342 e. The van der Waals surface area contributed by atoms with Crippen molar-refractivity contribution in [3.05, 3.63) is 23.8 Å². The van der Waals surface area contributed by atoms with Crippen LogP contribution in [0, 0.1) is 5.92 Å². The second-order valence-electron chi connectivity index (χ2n) is 6.05. The maximum atomic E-state index is 12.2. The van der Waals surface area contributed by atoms with E-state index in [0.29, 0.717) is 19.0 Å². The molecule has 1 aliphatic rings. The second-order valence-corrected chi connectivity index (χ2v) is 7.61. The zero-order valence-electron chi connectivity index (χ0n) is 14.2. The maximum absolute atomic E-state index is 12.2. The normalized spacial score (nSPS) is 15.7. The summed E-state index contributed by atoms with van der Waals surface area (Å²) >= 11 is 0. The number of piperidine rings is 1. The number of rotatable bonds is 5. The molecule has 1 aromatic carbocycles. The van der Waals surface area contributed by atoms with Crippen LogP contribution in [0.25, 0.3) is 0 Å². The van der Waals surface area contributed by atoms with E-state index in [1.807, 2.05) is 0 Å². The average Bonchev–Trinajstić information content (AvgIpc) is 2.58. The van der Waals surface area contributed by atoms with Gasteiger partial charge in [0.05, 0.1) is 12.0 Å². The van der Waals surface area contributed by atoms with E-state index in [9.17, 15) is 18.0 Å². The van der Waals surface area contributed by atoms with Crippen molar-refractivity contribution >= 4 is 21.9 Å². The summed E-state index contributed by atoms with van der Waals surface area (Å²) in [6.07, 6.45) is 1.84. The van der Waals surface area contributed by atoms with Gasteiger partial charge in [-0.1, -0.05) is 6.92 Å². The fourth-order valence-electron chi connectivity index (χ4n) is 2.58. The first-order chi connectivity index (χ1) is 11.7. The van der Waals surface area contributed by atoms with Crippen molar-refractivity contribution in [3.63, 3.8) is 0 Å². The summed E-state index contributed by atoms with van der Waals surface area (Å²) in [5.41, 5.74) is -0.103. The Labute approximate surface area is 146 Å². The van der Waals surface area contributed by atoms with Crippen LogP contribution in [0.1, 0.15) is 30.1 Å². The monoisotopic (exact) mass is 370 g/mol. The predicted octanol–water partition coefficient (Wildman–Crippen LogP) is 0.758. The quantitative estimate of drug-likeness (QED) is 0.765. The van der Waals surface area contributed by atoms with Crippen molar-refractivity contribution < 1.29 is 27.5 Å². The number of nitrogens with zero attached hydrogens (tertiary/aromatic N) is 1. The molecule has 0 atom stereocenters. The number of hydrogen-bond donors (Lipinski definition) is 1. The van der Waals surface area contributed by atoms with Gasteiger partial charge in [0.2, 0.25) is 10.0 Å². The Morgan fingerprint density at radius 1 is 1.28 bits per heavy atom. The van der Waals surface area contributed by atoms with E-state index in [0.717, 1.165) is 18.9 Å². The van der Waals surface area contributed by atoms with Crippen LogP contribution in [0.2, 0.25) is 0 Å². The van der Waals surface area contributed by atoms with Gasteiger partial charge in [-0.2, -0.15) is 0 Å². The van der Waals surface area contributed by atoms with Gasteiger partial charge in [-0.3, -0.25) is 4.79 Å². The van der Waals surface area contributed by atoms with E-state index < -0.39 is 22.6 Å². The van der Waals surface area contributed by atoms with E-state index in [1.54, 1.807) is 4.90 Å². The van der Waals surface area contributed by atoms with E-state index in [-0.39, 0.29) is 22.1 Å². The van der Waals surface area contributed by atoms with Gasteiger partial charge in [0.15, 0.2) is 6.61 Å². The first-order valence-corrected chi connectivity index (χ1v) is 9.42. The molecule has 1 heterocycles. The lowest BCUT2D eigenvalue weighted by Gasteiger charge is -2.30. The van der Waals surface area contributed by atoms with Crippen molar-refractivity contribution in [3.8, 4) is 5.75 Å². The van der Waals surface area contributed by atoms with Gasteiger partial charge in [0, 0.05) is 13.1 Å². The molecule has 0 aliphatic carbocycles. The molecule has 9 heteroatoms. The lowest BCUT2D eigenvalue weighted by Crippen LogP contribution is -2.40. The van der Waals surface area contributed by atoms with Crippen molar-refractivity contribution in [2.75, 3.05) is 26.8 Å². The van der Waals surface area contributed by atoms with Gasteiger partial charge in [0.1, 0.15) is 11.3 Å². The van der Waals surface area contributed by atoms with Crippen LogP contribution in [0.3, 0.4) is 0 Å². The van der Waals surface area contributed by atoms with Gasteiger partial charge in [0.25, 0.3) is 5.91 Å². The Balaban J connectivity index is 2.06. The van der Waals surface area contributed by atoms with Gasteiger partial charge >= 0.3 is 5.97 Å². The van der Waals surface area contributed by atoms with Crippen LogP contribution in [0.5, 0.6) is 5.75 Å². The third-order valence-electron chi connectivity index (χ3n) is 4.18. The Morgan fingerprint density at radius 3 is 2.48 bits per heavy atom. The largest absolute Gasteiger partial charge is 0.496 e. The topological polar surface area (TPSA) is 116 Å². The van der Waals surface area contributed by atoms with Gasteiger partial charge < -0.3 is 14.4 Å². The van der Waals surface area contributed by atoms with E-state index in [4.69, 9.17) is 14.6 Å². The van der Waals surface area contributed by atoms with E-state index in [1.165, 1.54) is 19.2 Å². The number of primary sulfonamides is 1. The molecular formula is C16H22N2O6S. The Hall–Kier alpha value is -2.13. The molecule has 8 nitrogen and oxygen atoms in total. The summed E-state index contributed by atoms with van der Waals surface area (Å²) < 4.78 is 32.9. The molecule has 1 fully saturated rings. The molecule has 1 aromatic rings. The first kappa shape index (κ1) is 19.2. The number of ether oxygens (including phenoxy) is 2. The lowest BCUT2D eigenvalue weighted by molar-refractivity contribution is -0.135. The molecule has 1 aliphatic heterocycles. The number of nitrogens with two attached hydrogens (primary N) is 1. The number of hydrogen-bond acceptors (Lipinski definition) is 6. The number of carbonyl (C=O) groups is 2. The van der Waals surface area contributed by atoms with Crippen LogP contribution in [-0.2, 0) is 19.6 Å². The Bertz CT molecular complexity index is 754. The fraction of sp³-hybridized carbons (Fsp3) is 0.500. The molecule has 0 unspecified atom stereocenters. The Kier molecular flexibility index (Phi) is 6.02. The van der Waals surface area contributed by atoms with Gasteiger partial charge in [-0.05, 0) is 37.0 Å². The van der Waals surface area contributed by atoms with Crippen molar-refractivity contribution in [1.29, 1.82) is 0 Å². The van der Waals surface area contributed by atoms with Crippen molar-refractivity contribution in [1.82, 2.24) is 4.90 Å². The zero-order valence-corrected chi connectivity index (χ0v) is 15.0. The molecule has 2 N–H and O–H groups in total. The SMILES string of the molecule is COc1ccc(S(N)(=O)=O)cc1C(=O)OCC(=O)N1CCC(C)CC1. The van der Waals surface area contributed by atoms with Gasteiger partial charge in [-0.15, -0.1) is 0 Å². The minimum atomic E-state index is -3.98. The standard InChI is InChI=1S/C16H22N2O6S/c1-11-5-7-18(8-6-11)15(19)10-24-16(20)13-9-12(25(17,21)22)3-4-14(13)23-2/h3-4,9,11H,5-8,10H2,1-2H3,(H2,17,21,22). The molecule has 138 valence electrons. The second kappa shape index (κ2) is 7.83. The van der Waals surface area contributed by atoms with Crippen LogP contribution < -0.4 is 9.88 Å². The van der Waals surface area contributed by atoms with Gasteiger partial charge in [-0.25, -0.2) is 18.4 Å². The zero-order chi connectivity index (χ0) is 18.6. The molecule has 2 rings (SSSR count). The summed E-state index contributed by atoms with van der Waals surface area (Å²) in [7, 11) is -2.64. The third kappa shape index (κ3) is 4.93. The molecule has 0 saturated carbocycles. The lowest BCUT2D eigenvalue weighted by atomic mass is 9.99. The van der Waals surface area contributed by atoms with Crippen LogP contribution in [0.15, 0.2) is 23.1 Å². The molecule has 25 heavy (non-hydrogen) atoms. The summed E-state index contributed by atoms with van der Waals surface area (Å²) in [5, 5.41) is 5.07. The van der Waals surface area contributed by atoms with E-state index >= 15 is 0 Å². The molecule has 1 saturated heterocycles.